The summed E-state index contributed by atoms with van der Waals surface area (Å²) in [6, 6.07) is 2.41. The molecule has 0 aromatic carbocycles. The van der Waals surface area contributed by atoms with Gasteiger partial charge in [0.1, 0.15) is 0 Å². The normalized spacial score (nSPS) is 29.0. The maximum atomic E-state index is 12.1. The van der Waals surface area contributed by atoms with E-state index < -0.39 is 0 Å². The summed E-state index contributed by atoms with van der Waals surface area (Å²) >= 11 is 1.52. The van der Waals surface area contributed by atoms with Crippen molar-refractivity contribution in [2.24, 2.45) is 23.7 Å². The highest BCUT2D eigenvalue weighted by molar-refractivity contribution is 7.18. The van der Waals surface area contributed by atoms with Crippen molar-refractivity contribution < 1.29 is 4.79 Å². The van der Waals surface area contributed by atoms with Gasteiger partial charge >= 0.3 is 0 Å². The van der Waals surface area contributed by atoms with Crippen LogP contribution in [0, 0.1) is 23.7 Å². The Labute approximate surface area is 131 Å². The number of carbonyl (C=O) groups excluding carboxylic acids is 1. The SMILES string of the molecule is CC(C)C(=O)c1sc(NC(C)C2CC3CCC2C3)cc1N. The van der Waals surface area contributed by atoms with Crippen LogP contribution < -0.4 is 11.1 Å². The summed E-state index contributed by atoms with van der Waals surface area (Å²) in [5.41, 5.74) is 6.65. The van der Waals surface area contributed by atoms with Gasteiger partial charge in [-0.15, -0.1) is 11.3 Å². The second-order valence-corrected chi connectivity index (χ2v) is 8.24. The third kappa shape index (κ3) is 2.83. The Morgan fingerprint density at radius 1 is 1.33 bits per heavy atom. The Balaban J connectivity index is 1.68. The van der Waals surface area contributed by atoms with E-state index in [1.54, 1.807) is 0 Å². The maximum Gasteiger partial charge on any atom is 0.177 e. The van der Waals surface area contributed by atoms with Crippen LogP contribution >= 0.6 is 11.3 Å². The number of fused-ring (bicyclic) bond motifs is 2. The maximum absolute atomic E-state index is 12.1. The van der Waals surface area contributed by atoms with Gasteiger partial charge in [0.25, 0.3) is 0 Å². The van der Waals surface area contributed by atoms with Crippen molar-refractivity contribution in [1.29, 1.82) is 0 Å². The molecule has 3 nitrogen and oxygen atoms in total. The van der Waals surface area contributed by atoms with E-state index in [9.17, 15) is 4.79 Å². The monoisotopic (exact) mass is 306 g/mol. The van der Waals surface area contributed by atoms with Crippen molar-refractivity contribution in [2.75, 3.05) is 11.1 Å². The largest absolute Gasteiger partial charge is 0.397 e. The first-order chi connectivity index (χ1) is 9.95. The predicted molar refractivity (Wildman–Crippen MR) is 89.9 cm³/mol. The highest BCUT2D eigenvalue weighted by atomic mass is 32.1. The van der Waals surface area contributed by atoms with E-state index >= 15 is 0 Å². The van der Waals surface area contributed by atoms with Crippen molar-refractivity contribution >= 4 is 27.8 Å². The molecule has 1 heterocycles. The van der Waals surface area contributed by atoms with Gasteiger partial charge in [0.15, 0.2) is 5.78 Å². The topological polar surface area (TPSA) is 55.1 Å². The van der Waals surface area contributed by atoms with Crippen LogP contribution in [-0.4, -0.2) is 11.8 Å². The van der Waals surface area contributed by atoms with Gasteiger partial charge in [-0.25, -0.2) is 0 Å². The fraction of sp³-hybridized carbons (Fsp3) is 0.706. The zero-order valence-corrected chi connectivity index (χ0v) is 14.0. The quantitative estimate of drug-likeness (QED) is 0.792. The molecule has 21 heavy (non-hydrogen) atoms. The van der Waals surface area contributed by atoms with Gasteiger partial charge in [-0.2, -0.15) is 0 Å². The van der Waals surface area contributed by atoms with Gasteiger partial charge in [0.05, 0.1) is 15.6 Å². The molecule has 2 aliphatic rings. The molecule has 1 aromatic heterocycles. The summed E-state index contributed by atoms with van der Waals surface area (Å²) in [6.07, 6.45) is 5.65. The number of ketones is 1. The highest BCUT2D eigenvalue weighted by Gasteiger charge is 2.41. The van der Waals surface area contributed by atoms with E-state index in [0.29, 0.717) is 16.6 Å². The summed E-state index contributed by atoms with van der Waals surface area (Å²) in [5, 5.41) is 4.66. The van der Waals surface area contributed by atoms with Crippen LogP contribution in [0.5, 0.6) is 0 Å². The van der Waals surface area contributed by atoms with Gasteiger partial charge < -0.3 is 11.1 Å². The minimum absolute atomic E-state index is 0.00166. The van der Waals surface area contributed by atoms with E-state index in [1.807, 2.05) is 19.9 Å². The second-order valence-electron chi connectivity index (χ2n) is 7.19. The number of thiophene rings is 1. The fourth-order valence-corrected chi connectivity index (χ4v) is 5.33. The minimum atomic E-state index is 0.00166. The fourth-order valence-electron chi connectivity index (χ4n) is 4.17. The molecule has 0 aliphatic heterocycles. The molecule has 3 N–H and O–H groups in total. The van der Waals surface area contributed by atoms with Crippen LogP contribution in [0.15, 0.2) is 6.07 Å². The van der Waals surface area contributed by atoms with E-state index in [-0.39, 0.29) is 11.7 Å². The van der Waals surface area contributed by atoms with Crippen molar-refractivity contribution in [2.45, 2.75) is 52.5 Å². The third-order valence-corrected chi connectivity index (χ3v) is 6.41. The first-order valence-electron chi connectivity index (χ1n) is 8.15. The van der Waals surface area contributed by atoms with Crippen LogP contribution in [0.1, 0.15) is 56.1 Å². The van der Waals surface area contributed by atoms with E-state index in [4.69, 9.17) is 5.73 Å². The molecule has 3 rings (SSSR count). The first kappa shape index (κ1) is 14.9. The smallest absolute Gasteiger partial charge is 0.177 e. The molecular weight excluding hydrogens is 280 g/mol. The molecule has 2 fully saturated rings. The zero-order valence-electron chi connectivity index (χ0n) is 13.2. The van der Waals surface area contributed by atoms with Crippen molar-refractivity contribution in [1.82, 2.24) is 0 Å². The van der Waals surface area contributed by atoms with Crippen LogP contribution in [-0.2, 0) is 0 Å². The Hall–Kier alpha value is -1.03. The second kappa shape index (κ2) is 5.64. The van der Waals surface area contributed by atoms with Crippen molar-refractivity contribution in [3.05, 3.63) is 10.9 Å². The summed E-state index contributed by atoms with van der Waals surface area (Å²) in [6.45, 7) is 6.13. The number of carbonyl (C=O) groups is 1. The molecule has 0 amide bonds. The number of hydrogen-bond acceptors (Lipinski definition) is 4. The summed E-state index contributed by atoms with van der Waals surface area (Å²) in [4.78, 5) is 12.8. The lowest BCUT2D eigenvalue weighted by atomic mass is 9.84. The zero-order chi connectivity index (χ0) is 15.1. The number of nitrogens with two attached hydrogens (primary N) is 1. The standard InChI is InChI=1S/C17H26N2OS/c1-9(2)16(20)17-14(18)8-15(21-17)19-10(3)13-7-11-4-5-12(13)6-11/h8-13,19H,4-7,18H2,1-3H3. The van der Waals surface area contributed by atoms with Gasteiger partial charge in [0, 0.05) is 12.0 Å². The molecular formula is C17H26N2OS. The van der Waals surface area contributed by atoms with Gasteiger partial charge in [-0.1, -0.05) is 20.3 Å². The molecule has 4 heteroatoms. The lowest BCUT2D eigenvalue weighted by Gasteiger charge is -2.28. The summed E-state index contributed by atoms with van der Waals surface area (Å²) in [7, 11) is 0. The van der Waals surface area contributed by atoms with Crippen LogP contribution in [0.2, 0.25) is 0 Å². The number of hydrogen-bond donors (Lipinski definition) is 2. The molecule has 0 spiro atoms. The van der Waals surface area contributed by atoms with Crippen molar-refractivity contribution in [3.8, 4) is 0 Å². The van der Waals surface area contributed by atoms with Crippen LogP contribution in [0.3, 0.4) is 0 Å². The van der Waals surface area contributed by atoms with E-state index in [1.165, 1.54) is 37.0 Å². The number of nitrogens with one attached hydrogen (secondary N) is 1. The van der Waals surface area contributed by atoms with Crippen LogP contribution in [0.25, 0.3) is 0 Å². The lowest BCUT2D eigenvalue weighted by Crippen LogP contribution is -2.29. The highest BCUT2D eigenvalue weighted by Crippen LogP contribution is 2.50. The Kier molecular flexibility index (Phi) is 4.00. The number of anilines is 2. The number of rotatable bonds is 5. The molecule has 0 saturated heterocycles. The molecule has 4 unspecified atom stereocenters. The summed E-state index contributed by atoms with van der Waals surface area (Å²) < 4.78 is 0. The van der Waals surface area contributed by atoms with Gasteiger partial charge in [-0.3, -0.25) is 4.79 Å². The van der Waals surface area contributed by atoms with Gasteiger partial charge in [0.2, 0.25) is 0 Å². The molecule has 2 aliphatic carbocycles. The Morgan fingerprint density at radius 2 is 2.10 bits per heavy atom. The number of Topliss-reactive ketones (excluding diaryl/α,β-unsaturated/α-hetero) is 1. The summed E-state index contributed by atoms with van der Waals surface area (Å²) in [5.74, 6) is 2.82. The molecule has 4 atom stereocenters. The van der Waals surface area contributed by atoms with E-state index in [2.05, 4.69) is 12.2 Å². The first-order valence-corrected chi connectivity index (χ1v) is 8.97. The molecule has 2 bridgehead atoms. The molecule has 116 valence electrons. The lowest BCUT2D eigenvalue weighted by molar-refractivity contribution is 0.0944. The Morgan fingerprint density at radius 3 is 2.67 bits per heavy atom. The molecule has 1 aromatic rings. The third-order valence-electron chi connectivity index (χ3n) is 5.31. The van der Waals surface area contributed by atoms with Crippen LogP contribution in [0.4, 0.5) is 10.7 Å². The van der Waals surface area contributed by atoms with Crippen molar-refractivity contribution in [3.63, 3.8) is 0 Å². The average molecular weight is 306 g/mol. The van der Waals surface area contributed by atoms with E-state index in [0.717, 1.165) is 22.8 Å². The van der Waals surface area contributed by atoms with Gasteiger partial charge in [-0.05, 0) is 50.0 Å². The Bertz CT molecular complexity index is 537. The minimum Gasteiger partial charge on any atom is -0.397 e. The average Bonchev–Trinajstić information content (AvgIpc) is 3.12. The molecule has 2 saturated carbocycles. The predicted octanol–water partition coefficient (Wildman–Crippen LogP) is 4.41. The number of nitrogen functional groups attached to an aromatic ring is 1. The molecule has 0 radical (unpaired) electrons.